The molecule has 1 heterocycles. The number of para-hydroxylation sites is 1. The Balaban J connectivity index is 1.45. The molecule has 0 aliphatic heterocycles. The number of carbonyl (C=O) groups is 1. The van der Waals surface area contributed by atoms with Crippen LogP contribution in [0.2, 0.25) is 0 Å². The molecule has 36 heavy (non-hydrogen) atoms. The predicted molar refractivity (Wildman–Crippen MR) is 145 cm³/mol. The third-order valence-electron chi connectivity index (χ3n) is 4.97. The van der Waals surface area contributed by atoms with Crippen molar-refractivity contribution in [2.45, 2.75) is 12.1 Å². The Morgan fingerprint density at radius 2 is 1.86 bits per heavy atom. The van der Waals surface area contributed by atoms with Crippen LogP contribution >= 0.6 is 27.7 Å². The lowest BCUT2D eigenvalue weighted by Crippen LogP contribution is -2.20. The van der Waals surface area contributed by atoms with Gasteiger partial charge in [-0.15, -0.1) is 10.2 Å². The molecule has 1 N–H and O–H groups in total. The third kappa shape index (κ3) is 6.32. The van der Waals surface area contributed by atoms with E-state index in [1.54, 1.807) is 25.5 Å². The summed E-state index contributed by atoms with van der Waals surface area (Å²) >= 11 is 4.75. The number of hydrazone groups is 1. The van der Waals surface area contributed by atoms with Crippen molar-refractivity contribution in [2.75, 3.05) is 19.5 Å². The quantitative estimate of drug-likeness (QED) is 0.158. The van der Waals surface area contributed by atoms with Gasteiger partial charge in [0, 0.05) is 15.7 Å². The number of ether oxygens (including phenoxy) is 2. The molecular formula is C26H24BrN5O3S. The van der Waals surface area contributed by atoms with Crippen LogP contribution < -0.4 is 14.9 Å². The van der Waals surface area contributed by atoms with Crippen LogP contribution in [0.1, 0.15) is 12.5 Å². The van der Waals surface area contributed by atoms with E-state index in [4.69, 9.17) is 9.47 Å². The molecule has 0 aliphatic carbocycles. The topological polar surface area (TPSA) is 90.6 Å². The number of carbonyl (C=O) groups excluding carboxylic acids is 1. The summed E-state index contributed by atoms with van der Waals surface area (Å²) in [5.74, 6) is 1.81. The molecule has 0 saturated carbocycles. The fourth-order valence-corrected chi connectivity index (χ4v) is 4.35. The zero-order valence-electron chi connectivity index (χ0n) is 19.7. The van der Waals surface area contributed by atoms with Crippen molar-refractivity contribution in [2.24, 2.45) is 5.10 Å². The van der Waals surface area contributed by atoms with Crippen molar-refractivity contribution in [3.05, 3.63) is 82.8 Å². The van der Waals surface area contributed by atoms with Crippen LogP contribution in [0.5, 0.6) is 11.5 Å². The minimum absolute atomic E-state index is 0.120. The minimum atomic E-state index is -0.262. The second kappa shape index (κ2) is 12.4. The van der Waals surface area contributed by atoms with E-state index in [9.17, 15) is 4.79 Å². The molecule has 0 unspecified atom stereocenters. The molecule has 1 aromatic heterocycles. The number of rotatable bonds is 10. The van der Waals surface area contributed by atoms with Gasteiger partial charge in [-0.1, -0.05) is 58.0 Å². The van der Waals surface area contributed by atoms with Crippen molar-refractivity contribution in [3.8, 4) is 28.6 Å². The molecule has 0 bridgehead atoms. The minimum Gasteiger partial charge on any atom is -0.493 e. The molecular weight excluding hydrogens is 542 g/mol. The van der Waals surface area contributed by atoms with Crippen molar-refractivity contribution < 1.29 is 14.3 Å². The van der Waals surface area contributed by atoms with Gasteiger partial charge >= 0.3 is 0 Å². The molecule has 0 atom stereocenters. The van der Waals surface area contributed by atoms with E-state index < -0.39 is 0 Å². The van der Waals surface area contributed by atoms with E-state index in [2.05, 4.69) is 36.7 Å². The molecule has 0 fully saturated rings. The summed E-state index contributed by atoms with van der Waals surface area (Å²) < 4.78 is 13.8. The molecule has 0 saturated heterocycles. The van der Waals surface area contributed by atoms with Crippen LogP contribution in [0, 0.1) is 0 Å². The Morgan fingerprint density at radius 3 is 2.58 bits per heavy atom. The standard InChI is InChI=1S/C26H24BrN5O3S/c1-3-35-22-14-9-18(15-23(22)34-2)16-28-29-24(33)17-36-26-31-30-25(19-10-12-20(27)13-11-19)32(26)21-7-5-4-6-8-21/h4-16H,3,17H2,1-2H3,(H,29,33). The third-order valence-corrected chi connectivity index (χ3v) is 6.43. The van der Waals surface area contributed by atoms with Gasteiger partial charge in [0.15, 0.2) is 22.5 Å². The first-order valence-electron chi connectivity index (χ1n) is 11.1. The van der Waals surface area contributed by atoms with Crippen LogP contribution in [0.15, 0.2) is 87.5 Å². The Kier molecular flexibility index (Phi) is 8.75. The Bertz CT molecular complexity index is 1340. The molecule has 3 aromatic carbocycles. The van der Waals surface area contributed by atoms with Crippen molar-refractivity contribution in [1.29, 1.82) is 0 Å². The maximum Gasteiger partial charge on any atom is 0.250 e. The number of thioether (sulfide) groups is 1. The maximum absolute atomic E-state index is 12.5. The van der Waals surface area contributed by atoms with E-state index in [1.165, 1.54) is 11.8 Å². The molecule has 4 aromatic rings. The summed E-state index contributed by atoms with van der Waals surface area (Å²) in [5, 5.41) is 13.4. The van der Waals surface area contributed by atoms with Crippen LogP contribution in [-0.4, -0.2) is 46.4 Å². The summed E-state index contributed by atoms with van der Waals surface area (Å²) in [6.45, 7) is 2.45. The molecule has 4 rings (SSSR count). The van der Waals surface area contributed by atoms with E-state index in [0.29, 0.717) is 29.1 Å². The SMILES string of the molecule is CCOc1ccc(C=NNC(=O)CSc2nnc(-c3ccc(Br)cc3)n2-c2ccccc2)cc1OC. The second-order valence-corrected chi connectivity index (χ2v) is 9.27. The highest BCUT2D eigenvalue weighted by Crippen LogP contribution is 2.29. The number of methoxy groups -OCH3 is 1. The van der Waals surface area contributed by atoms with E-state index >= 15 is 0 Å². The van der Waals surface area contributed by atoms with Gasteiger partial charge in [0.05, 0.1) is 25.7 Å². The first-order valence-corrected chi connectivity index (χ1v) is 12.9. The second-order valence-electron chi connectivity index (χ2n) is 7.41. The van der Waals surface area contributed by atoms with Crippen molar-refractivity contribution >= 4 is 39.8 Å². The van der Waals surface area contributed by atoms with E-state index in [1.807, 2.05) is 72.2 Å². The highest BCUT2D eigenvalue weighted by molar-refractivity contribution is 9.10. The van der Waals surface area contributed by atoms with Crippen LogP contribution in [0.4, 0.5) is 0 Å². The lowest BCUT2D eigenvalue weighted by molar-refractivity contribution is -0.118. The van der Waals surface area contributed by atoms with Gasteiger partial charge in [-0.25, -0.2) is 5.43 Å². The Hall–Kier alpha value is -3.63. The fourth-order valence-electron chi connectivity index (χ4n) is 3.34. The number of amides is 1. The fraction of sp³-hybridized carbons (Fsp3) is 0.154. The van der Waals surface area contributed by atoms with Crippen molar-refractivity contribution in [3.63, 3.8) is 0 Å². The number of hydrogen-bond donors (Lipinski definition) is 1. The van der Waals surface area contributed by atoms with E-state index in [-0.39, 0.29) is 11.7 Å². The largest absolute Gasteiger partial charge is 0.493 e. The molecule has 8 nitrogen and oxygen atoms in total. The maximum atomic E-state index is 12.5. The monoisotopic (exact) mass is 565 g/mol. The summed E-state index contributed by atoms with van der Waals surface area (Å²) in [6, 6.07) is 23.1. The number of benzene rings is 3. The highest BCUT2D eigenvalue weighted by Gasteiger charge is 2.17. The number of hydrogen-bond acceptors (Lipinski definition) is 7. The zero-order valence-corrected chi connectivity index (χ0v) is 22.1. The van der Waals surface area contributed by atoms with Gasteiger partial charge in [0.1, 0.15) is 0 Å². The van der Waals surface area contributed by atoms with Gasteiger partial charge in [0.25, 0.3) is 5.91 Å². The number of aromatic nitrogens is 3. The Morgan fingerprint density at radius 1 is 1.08 bits per heavy atom. The molecule has 0 radical (unpaired) electrons. The van der Waals surface area contributed by atoms with Gasteiger partial charge in [0.2, 0.25) is 0 Å². The summed E-state index contributed by atoms with van der Waals surface area (Å²) in [7, 11) is 1.58. The molecule has 10 heteroatoms. The first kappa shape index (κ1) is 25.5. The lowest BCUT2D eigenvalue weighted by Gasteiger charge is -2.10. The lowest BCUT2D eigenvalue weighted by atomic mass is 10.2. The summed E-state index contributed by atoms with van der Waals surface area (Å²) in [4.78, 5) is 12.5. The van der Waals surface area contributed by atoms with E-state index in [0.717, 1.165) is 21.3 Å². The number of nitrogens with zero attached hydrogens (tertiary/aromatic N) is 4. The molecule has 0 aliphatic rings. The van der Waals surface area contributed by atoms with Crippen molar-refractivity contribution in [1.82, 2.24) is 20.2 Å². The average molecular weight is 566 g/mol. The molecule has 1 amide bonds. The van der Waals surface area contributed by atoms with Gasteiger partial charge < -0.3 is 9.47 Å². The van der Waals surface area contributed by atoms with Crippen LogP contribution in [0.3, 0.4) is 0 Å². The van der Waals surface area contributed by atoms with Gasteiger partial charge in [-0.05, 0) is 55.0 Å². The van der Waals surface area contributed by atoms with Gasteiger partial charge in [-0.2, -0.15) is 5.10 Å². The van der Waals surface area contributed by atoms with Crippen LogP contribution in [-0.2, 0) is 4.79 Å². The number of halogens is 1. The van der Waals surface area contributed by atoms with Gasteiger partial charge in [-0.3, -0.25) is 9.36 Å². The predicted octanol–water partition coefficient (Wildman–Crippen LogP) is 5.35. The molecule has 184 valence electrons. The zero-order chi connectivity index (χ0) is 25.3. The smallest absolute Gasteiger partial charge is 0.250 e. The molecule has 0 spiro atoms. The average Bonchev–Trinajstić information content (AvgIpc) is 3.33. The first-order chi connectivity index (χ1) is 17.6. The Labute approximate surface area is 221 Å². The normalized spacial score (nSPS) is 11.0. The summed E-state index contributed by atoms with van der Waals surface area (Å²) in [6.07, 6.45) is 1.55. The highest BCUT2D eigenvalue weighted by atomic mass is 79.9. The summed E-state index contributed by atoms with van der Waals surface area (Å²) in [5.41, 5.74) is 5.15. The van der Waals surface area contributed by atoms with Crippen LogP contribution in [0.25, 0.3) is 17.1 Å². The number of nitrogens with one attached hydrogen (secondary N) is 1.